The Kier molecular flexibility index (Phi) is 5.07. The molecule has 0 spiro atoms. The number of carbonyl (C=O) groups is 2. The Bertz CT molecular complexity index is 935. The largest absolute Gasteiger partial charge is 0.481 e. The molecule has 0 radical (unpaired) electrons. The summed E-state index contributed by atoms with van der Waals surface area (Å²) in [5.74, 6) is -1.13. The Morgan fingerprint density at radius 3 is 2.58 bits per heavy atom. The molecule has 0 aliphatic rings. The van der Waals surface area contributed by atoms with Gasteiger partial charge in [-0.2, -0.15) is 5.10 Å². The van der Waals surface area contributed by atoms with Gasteiger partial charge in [0.2, 0.25) is 0 Å². The van der Waals surface area contributed by atoms with Crippen molar-refractivity contribution in [1.82, 2.24) is 20.1 Å². The van der Waals surface area contributed by atoms with Gasteiger partial charge in [-0.1, -0.05) is 24.3 Å². The number of aryl methyl sites for hydroxylation is 1. The van der Waals surface area contributed by atoms with Gasteiger partial charge in [0.25, 0.3) is 5.91 Å². The van der Waals surface area contributed by atoms with Crippen LogP contribution in [0.5, 0.6) is 0 Å². The van der Waals surface area contributed by atoms with Crippen molar-refractivity contribution in [2.45, 2.75) is 13.0 Å². The lowest BCUT2D eigenvalue weighted by atomic mass is 10.1. The smallest absolute Gasteiger partial charge is 0.307 e. The van der Waals surface area contributed by atoms with Crippen LogP contribution in [0, 0.1) is 0 Å². The first-order valence-electron chi connectivity index (χ1n) is 8.05. The van der Waals surface area contributed by atoms with E-state index in [1.54, 1.807) is 43.7 Å². The van der Waals surface area contributed by atoms with E-state index < -0.39 is 5.97 Å². The van der Waals surface area contributed by atoms with Crippen molar-refractivity contribution in [1.29, 1.82) is 0 Å². The summed E-state index contributed by atoms with van der Waals surface area (Å²) in [6.45, 7) is 0.308. The molecule has 0 saturated heterocycles. The summed E-state index contributed by atoms with van der Waals surface area (Å²) in [5.41, 5.74) is 3.57. The number of nitrogens with zero attached hydrogens (tertiary/aromatic N) is 3. The summed E-state index contributed by atoms with van der Waals surface area (Å²) in [5, 5.41) is 16.1. The van der Waals surface area contributed by atoms with E-state index in [0.29, 0.717) is 23.5 Å². The van der Waals surface area contributed by atoms with Gasteiger partial charge < -0.3 is 10.4 Å². The molecule has 0 aliphatic carbocycles. The molecule has 26 heavy (non-hydrogen) atoms. The molecule has 3 rings (SSSR count). The Hall–Kier alpha value is -3.48. The number of rotatable bonds is 6. The topological polar surface area (TPSA) is 97.1 Å². The fourth-order valence-electron chi connectivity index (χ4n) is 2.64. The van der Waals surface area contributed by atoms with Gasteiger partial charge in [-0.25, -0.2) is 0 Å². The maximum Gasteiger partial charge on any atom is 0.307 e. The highest BCUT2D eigenvalue weighted by Crippen LogP contribution is 2.17. The fraction of sp³-hybridized carbons (Fsp3) is 0.158. The number of pyridine rings is 1. The molecule has 7 nitrogen and oxygen atoms in total. The number of hydrogen-bond donors (Lipinski definition) is 2. The van der Waals surface area contributed by atoms with E-state index in [1.165, 1.54) is 4.68 Å². The third-order valence-electron chi connectivity index (χ3n) is 3.89. The summed E-state index contributed by atoms with van der Waals surface area (Å²) in [6, 6.07) is 12.5. The predicted molar refractivity (Wildman–Crippen MR) is 95.4 cm³/mol. The molecule has 0 fully saturated rings. The van der Waals surface area contributed by atoms with E-state index >= 15 is 0 Å². The van der Waals surface area contributed by atoms with Gasteiger partial charge in [-0.15, -0.1) is 0 Å². The number of nitrogens with one attached hydrogen (secondary N) is 1. The average Bonchev–Trinajstić information content (AvgIpc) is 3.02. The molecule has 1 amide bonds. The summed E-state index contributed by atoms with van der Waals surface area (Å²) in [6.07, 6.45) is 3.31. The monoisotopic (exact) mass is 350 g/mol. The number of aromatic nitrogens is 3. The fourth-order valence-corrected chi connectivity index (χ4v) is 2.64. The van der Waals surface area contributed by atoms with E-state index in [2.05, 4.69) is 15.4 Å². The van der Waals surface area contributed by atoms with Crippen LogP contribution in [0.1, 0.15) is 21.6 Å². The van der Waals surface area contributed by atoms with E-state index in [4.69, 9.17) is 5.11 Å². The number of carbonyl (C=O) groups excluding carboxylic acids is 1. The summed E-state index contributed by atoms with van der Waals surface area (Å²) >= 11 is 0. The van der Waals surface area contributed by atoms with E-state index in [0.717, 1.165) is 11.1 Å². The Morgan fingerprint density at radius 1 is 1.12 bits per heavy atom. The number of amides is 1. The number of carboxylic acid groups (broad SMARTS) is 1. The first-order chi connectivity index (χ1) is 12.5. The maximum absolute atomic E-state index is 12.5. The van der Waals surface area contributed by atoms with Crippen molar-refractivity contribution in [2.24, 2.45) is 7.05 Å². The quantitative estimate of drug-likeness (QED) is 0.709. The van der Waals surface area contributed by atoms with Crippen molar-refractivity contribution in [3.63, 3.8) is 0 Å². The number of aliphatic carboxylic acids is 1. The summed E-state index contributed by atoms with van der Waals surface area (Å²) in [4.78, 5) is 27.2. The highest BCUT2D eigenvalue weighted by molar-refractivity contribution is 5.93. The van der Waals surface area contributed by atoms with Crippen molar-refractivity contribution >= 4 is 11.9 Å². The molecule has 7 heteroatoms. The zero-order valence-corrected chi connectivity index (χ0v) is 14.2. The van der Waals surface area contributed by atoms with Crippen molar-refractivity contribution in [3.05, 3.63) is 71.7 Å². The molecule has 2 aromatic heterocycles. The minimum absolute atomic E-state index is 0.0428. The van der Waals surface area contributed by atoms with Crippen molar-refractivity contribution < 1.29 is 14.7 Å². The van der Waals surface area contributed by atoms with Crippen LogP contribution in [0.3, 0.4) is 0 Å². The summed E-state index contributed by atoms with van der Waals surface area (Å²) in [7, 11) is 1.72. The zero-order chi connectivity index (χ0) is 18.5. The maximum atomic E-state index is 12.5. The molecule has 0 bridgehead atoms. The third kappa shape index (κ3) is 4.13. The van der Waals surface area contributed by atoms with Crippen LogP contribution in [-0.4, -0.2) is 31.7 Å². The number of benzene rings is 1. The molecule has 0 atom stereocenters. The Morgan fingerprint density at radius 2 is 1.85 bits per heavy atom. The Labute approximate surface area is 150 Å². The first-order valence-corrected chi connectivity index (χ1v) is 8.05. The molecule has 0 unspecified atom stereocenters. The van der Waals surface area contributed by atoms with Crippen LogP contribution in [-0.2, 0) is 24.8 Å². The second-order valence-corrected chi connectivity index (χ2v) is 5.85. The van der Waals surface area contributed by atoms with Crippen LogP contribution >= 0.6 is 0 Å². The average molecular weight is 350 g/mol. The number of hydrogen-bond acceptors (Lipinski definition) is 4. The van der Waals surface area contributed by atoms with Gasteiger partial charge in [0.15, 0.2) is 0 Å². The van der Waals surface area contributed by atoms with Gasteiger partial charge in [0.05, 0.1) is 12.1 Å². The van der Waals surface area contributed by atoms with Crippen LogP contribution < -0.4 is 5.32 Å². The zero-order valence-electron chi connectivity index (χ0n) is 14.2. The molecule has 0 aliphatic heterocycles. The van der Waals surface area contributed by atoms with Gasteiger partial charge in [0, 0.05) is 31.5 Å². The number of carboxylic acids is 1. The molecular formula is C19H18N4O3. The predicted octanol–water partition coefficient (Wildman–Crippen LogP) is 2.04. The third-order valence-corrected chi connectivity index (χ3v) is 3.89. The molecular weight excluding hydrogens is 332 g/mol. The first kappa shape index (κ1) is 17.3. The molecule has 3 aromatic rings. The summed E-state index contributed by atoms with van der Waals surface area (Å²) < 4.78 is 1.53. The van der Waals surface area contributed by atoms with Gasteiger partial charge in [-0.3, -0.25) is 19.3 Å². The second kappa shape index (κ2) is 7.60. The van der Waals surface area contributed by atoms with Crippen LogP contribution in [0.4, 0.5) is 0 Å². The SMILES string of the molecule is Cn1nc(-c2ccncc2)cc1C(=O)NCc1cccc(CC(=O)O)c1. The van der Waals surface area contributed by atoms with Crippen LogP contribution in [0.25, 0.3) is 11.3 Å². The van der Waals surface area contributed by atoms with Crippen molar-refractivity contribution in [2.75, 3.05) is 0 Å². The molecule has 2 heterocycles. The van der Waals surface area contributed by atoms with Crippen molar-refractivity contribution in [3.8, 4) is 11.3 Å². The standard InChI is InChI=1S/C19H18N4O3/c1-23-17(11-16(22-23)15-5-7-20-8-6-15)19(26)21-12-14-4-2-3-13(9-14)10-18(24)25/h2-9,11H,10,12H2,1H3,(H,21,26)(H,24,25). The minimum Gasteiger partial charge on any atom is -0.481 e. The Balaban J connectivity index is 1.69. The van der Waals surface area contributed by atoms with E-state index in [1.807, 2.05) is 18.2 Å². The highest BCUT2D eigenvalue weighted by Gasteiger charge is 2.14. The van der Waals surface area contributed by atoms with Gasteiger partial charge in [0.1, 0.15) is 5.69 Å². The van der Waals surface area contributed by atoms with Crippen LogP contribution in [0.15, 0.2) is 54.9 Å². The molecule has 2 N–H and O–H groups in total. The molecule has 0 saturated carbocycles. The van der Waals surface area contributed by atoms with Gasteiger partial charge in [-0.05, 0) is 29.3 Å². The molecule has 1 aromatic carbocycles. The lowest BCUT2D eigenvalue weighted by Gasteiger charge is -2.07. The molecule has 132 valence electrons. The van der Waals surface area contributed by atoms with E-state index in [-0.39, 0.29) is 12.3 Å². The highest BCUT2D eigenvalue weighted by atomic mass is 16.4. The van der Waals surface area contributed by atoms with E-state index in [9.17, 15) is 9.59 Å². The van der Waals surface area contributed by atoms with Gasteiger partial charge >= 0.3 is 5.97 Å². The minimum atomic E-state index is -0.885. The second-order valence-electron chi connectivity index (χ2n) is 5.85. The van der Waals surface area contributed by atoms with Crippen LogP contribution in [0.2, 0.25) is 0 Å². The lowest BCUT2D eigenvalue weighted by molar-refractivity contribution is -0.136. The normalized spacial score (nSPS) is 10.5. The lowest BCUT2D eigenvalue weighted by Crippen LogP contribution is -2.25.